The summed E-state index contributed by atoms with van der Waals surface area (Å²) < 4.78 is 25.5. The van der Waals surface area contributed by atoms with E-state index in [0.717, 1.165) is 88.5 Å². The van der Waals surface area contributed by atoms with E-state index in [9.17, 15) is 14.0 Å². The predicted octanol–water partition coefficient (Wildman–Crippen LogP) is 4.23. The van der Waals surface area contributed by atoms with Crippen LogP contribution in [0.1, 0.15) is 69.8 Å². The van der Waals surface area contributed by atoms with E-state index >= 15 is 0 Å². The van der Waals surface area contributed by atoms with Crippen molar-refractivity contribution in [3.05, 3.63) is 29.6 Å². The van der Waals surface area contributed by atoms with Gasteiger partial charge in [0.1, 0.15) is 11.9 Å². The number of rotatable bonds is 3. The Bertz CT molecular complexity index is 1050. The van der Waals surface area contributed by atoms with Crippen LogP contribution in [0.4, 0.5) is 14.9 Å². The number of carbonyl (C=O) groups is 2. The van der Waals surface area contributed by atoms with Crippen LogP contribution in [0.5, 0.6) is 0 Å². The first-order chi connectivity index (χ1) is 18.0. The molecular formula is C29H38FN3O4. The van der Waals surface area contributed by atoms with Gasteiger partial charge in [-0.15, -0.1) is 0 Å². The van der Waals surface area contributed by atoms with E-state index in [1.807, 2.05) is 15.9 Å². The molecule has 5 aliphatic heterocycles. The van der Waals surface area contributed by atoms with E-state index in [-0.39, 0.29) is 47.3 Å². The van der Waals surface area contributed by atoms with Crippen LogP contribution < -0.4 is 4.90 Å². The molecule has 200 valence electrons. The Hall–Kier alpha value is -2.19. The van der Waals surface area contributed by atoms with Gasteiger partial charge in [-0.05, 0) is 88.2 Å². The zero-order valence-corrected chi connectivity index (χ0v) is 21.6. The third kappa shape index (κ3) is 4.06. The van der Waals surface area contributed by atoms with Crippen LogP contribution in [0.25, 0.3) is 0 Å². The van der Waals surface area contributed by atoms with Crippen molar-refractivity contribution in [2.45, 2.75) is 93.9 Å². The van der Waals surface area contributed by atoms with Crippen LogP contribution >= 0.6 is 0 Å². The predicted molar refractivity (Wildman–Crippen MR) is 136 cm³/mol. The number of amides is 2. The highest BCUT2D eigenvalue weighted by atomic mass is 19.1. The van der Waals surface area contributed by atoms with Gasteiger partial charge in [-0.25, -0.2) is 9.18 Å². The molecule has 7 nitrogen and oxygen atoms in total. The monoisotopic (exact) mass is 511 g/mol. The molecule has 0 N–H and O–H groups in total. The Kier molecular flexibility index (Phi) is 5.96. The minimum absolute atomic E-state index is 0.0993. The molecule has 1 aromatic rings. The van der Waals surface area contributed by atoms with Crippen LogP contribution in [0, 0.1) is 11.7 Å². The van der Waals surface area contributed by atoms with Crippen molar-refractivity contribution < 1.29 is 23.5 Å². The largest absolute Gasteiger partial charge is 0.444 e. The molecule has 7 rings (SSSR count). The molecule has 0 radical (unpaired) electrons. The minimum atomic E-state index is -0.210. The summed E-state index contributed by atoms with van der Waals surface area (Å²) in [6, 6.07) is 6.00. The minimum Gasteiger partial charge on any atom is -0.444 e. The van der Waals surface area contributed by atoms with Gasteiger partial charge in [-0.3, -0.25) is 4.79 Å². The fourth-order valence-corrected chi connectivity index (χ4v) is 8.01. The summed E-state index contributed by atoms with van der Waals surface area (Å²) in [5.41, 5.74) is 1.82. The van der Waals surface area contributed by atoms with Gasteiger partial charge in [0.2, 0.25) is 5.91 Å². The molecule has 2 unspecified atom stereocenters. The van der Waals surface area contributed by atoms with Crippen molar-refractivity contribution in [1.29, 1.82) is 0 Å². The standard InChI is InChI=1S/C29H38FN3O4/c30-20-4-7-26-25(14-20)29(18-32(26)27(34)19-2-1-3-19)9-11-31(12-10-29)23-15-21-5-6-22(16-23)33(21)28(35)37-24-8-13-36-17-24/h4,7,14,19,21-24H,1-3,5-6,8-13,15-18H2/t21?,22?,23?,24-/m1/s1. The van der Waals surface area contributed by atoms with Gasteiger partial charge in [-0.2, -0.15) is 0 Å². The van der Waals surface area contributed by atoms with Gasteiger partial charge in [0.25, 0.3) is 0 Å². The first-order valence-electron chi connectivity index (χ1n) is 14.4. The highest BCUT2D eigenvalue weighted by Gasteiger charge is 2.51. The van der Waals surface area contributed by atoms with E-state index in [4.69, 9.17) is 9.47 Å². The molecule has 5 heterocycles. The summed E-state index contributed by atoms with van der Waals surface area (Å²) in [6.45, 7) is 3.79. The van der Waals surface area contributed by atoms with Crippen molar-refractivity contribution in [2.24, 2.45) is 5.92 Å². The molecule has 6 aliphatic rings. The van der Waals surface area contributed by atoms with E-state index in [1.165, 1.54) is 6.07 Å². The second kappa shape index (κ2) is 9.23. The number of benzene rings is 1. The second-order valence-electron chi connectivity index (χ2n) is 12.3. The Balaban J connectivity index is 1.02. The molecule has 3 atom stereocenters. The normalized spacial score (nSPS) is 33.0. The third-order valence-corrected chi connectivity index (χ3v) is 10.3. The quantitative estimate of drug-likeness (QED) is 0.608. The van der Waals surface area contributed by atoms with Gasteiger partial charge in [0, 0.05) is 48.1 Å². The molecule has 1 spiro atoms. The summed E-state index contributed by atoms with van der Waals surface area (Å²) in [5.74, 6) is 0.165. The summed E-state index contributed by atoms with van der Waals surface area (Å²) in [6.07, 6.45) is 9.63. The molecule has 0 aromatic heterocycles. The number of hydrogen-bond acceptors (Lipinski definition) is 5. The zero-order chi connectivity index (χ0) is 25.1. The van der Waals surface area contributed by atoms with Gasteiger partial charge in [-0.1, -0.05) is 6.42 Å². The highest BCUT2D eigenvalue weighted by molar-refractivity contribution is 5.98. The topological polar surface area (TPSA) is 62.3 Å². The second-order valence-corrected chi connectivity index (χ2v) is 12.3. The maximum atomic E-state index is 14.4. The molecule has 37 heavy (non-hydrogen) atoms. The first-order valence-corrected chi connectivity index (χ1v) is 14.4. The molecule has 4 saturated heterocycles. The molecule has 5 fully saturated rings. The molecule has 1 aromatic carbocycles. The van der Waals surface area contributed by atoms with E-state index in [0.29, 0.717) is 25.8 Å². The van der Waals surface area contributed by atoms with Crippen LogP contribution in [0.2, 0.25) is 0 Å². The van der Waals surface area contributed by atoms with E-state index in [1.54, 1.807) is 6.07 Å². The van der Waals surface area contributed by atoms with Crippen molar-refractivity contribution in [3.8, 4) is 0 Å². The number of ether oxygens (including phenoxy) is 2. The lowest BCUT2D eigenvalue weighted by atomic mass is 9.73. The van der Waals surface area contributed by atoms with Crippen molar-refractivity contribution in [1.82, 2.24) is 9.80 Å². The fourth-order valence-electron chi connectivity index (χ4n) is 8.01. The number of anilines is 1. The summed E-state index contributed by atoms with van der Waals surface area (Å²) >= 11 is 0. The number of hydrogen-bond donors (Lipinski definition) is 0. The maximum Gasteiger partial charge on any atom is 0.410 e. The third-order valence-electron chi connectivity index (χ3n) is 10.3. The zero-order valence-electron chi connectivity index (χ0n) is 21.6. The number of piperidine rings is 2. The summed E-state index contributed by atoms with van der Waals surface area (Å²) in [7, 11) is 0. The van der Waals surface area contributed by atoms with E-state index < -0.39 is 0 Å². The number of fused-ring (bicyclic) bond motifs is 4. The smallest absolute Gasteiger partial charge is 0.410 e. The van der Waals surface area contributed by atoms with Gasteiger partial charge < -0.3 is 24.2 Å². The lowest BCUT2D eigenvalue weighted by Gasteiger charge is -2.47. The van der Waals surface area contributed by atoms with Crippen LogP contribution in [-0.4, -0.2) is 78.9 Å². The Morgan fingerprint density at radius 1 is 1.00 bits per heavy atom. The number of nitrogens with zero attached hydrogens (tertiary/aromatic N) is 3. The van der Waals surface area contributed by atoms with Gasteiger partial charge in [0.05, 0.1) is 13.2 Å². The Morgan fingerprint density at radius 3 is 2.41 bits per heavy atom. The number of carbonyl (C=O) groups excluding carboxylic acids is 2. The molecule has 1 aliphatic carbocycles. The Morgan fingerprint density at radius 2 is 1.76 bits per heavy atom. The van der Waals surface area contributed by atoms with Crippen LogP contribution in [-0.2, 0) is 19.7 Å². The molecule has 8 heteroatoms. The van der Waals surface area contributed by atoms with Crippen molar-refractivity contribution >= 4 is 17.7 Å². The van der Waals surface area contributed by atoms with E-state index in [2.05, 4.69) is 4.90 Å². The number of likely N-dealkylation sites (tertiary alicyclic amines) is 1. The van der Waals surface area contributed by atoms with Crippen molar-refractivity contribution in [2.75, 3.05) is 37.7 Å². The summed E-state index contributed by atoms with van der Waals surface area (Å²) in [5, 5.41) is 0. The Labute approximate surface area is 218 Å². The molecular weight excluding hydrogens is 473 g/mol. The SMILES string of the molecule is O=C(C1CCC1)N1CC2(CCN(C3CC4CCC(C3)N4C(=O)O[C@@H]3CCOC3)CC2)c2cc(F)ccc21. The van der Waals surface area contributed by atoms with Gasteiger partial charge in [0.15, 0.2) is 0 Å². The first kappa shape index (κ1) is 23.9. The molecule has 1 saturated carbocycles. The lowest BCUT2D eigenvalue weighted by Crippen LogP contribution is -2.56. The maximum absolute atomic E-state index is 14.4. The average Bonchev–Trinajstić information content (AvgIpc) is 3.54. The van der Waals surface area contributed by atoms with Crippen LogP contribution in [0.3, 0.4) is 0 Å². The lowest BCUT2D eigenvalue weighted by molar-refractivity contribution is -0.124. The summed E-state index contributed by atoms with van der Waals surface area (Å²) in [4.78, 5) is 32.8. The van der Waals surface area contributed by atoms with Crippen LogP contribution in [0.15, 0.2) is 18.2 Å². The highest BCUT2D eigenvalue weighted by Crippen LogP contribution is 2.49. The molecule has 2 amide bonds. The fraction of sp³-hybridized carbons (Fsp3) is 0.724. The van der Waals surface area contributed by atoms with Crippen molar-refractivity contribution in [3.63, 3.8) is 0 Å². The van der Waals surface area contributed by atoms with Gasteiger partial charge >= 0.3 is 6.09 Å². The molecule has 2 bridgehead atoms. The average molecular weight is 512 g/mol. The number of halogens is 1.